The zero-order valence-electron chi connectivity index (χ0n) is 11.6. The van der Waals surface area contributed by atoms with E-state index in [0.29, 0.717) is 17.9 Å². The summed E-state index contributed by atoms with van der Waals surface area (Å²) in [7, 11) is 0. The molecule has 0 fully saturated rings. The fourth-order valence-electron chi connectivity index (χ4n) is 1.92. The van der Waals surface area contributed by atoms with E-state index >= 15 is 0 Å². The Morgan fingerprint density at radius 1 is 1.19 bits per heavy atom. The first-order valence-corrected chi connectivity index (χ1v) is 6.66. The Morgan fingerprint density at radius 3 is 2.71 bits per heavy atom. The fourth-order valence-corrected chi connectivity index (χ4v) is 1.92. The Hall–Kier alpha value is -1.95. The summed E-state index contributed by atoms with van der Waals surface area (Å²) in [4.78, 5) is 8.46. The lowest BCUT2D eigenvalue weighted by Crippen LogP contribution is -2.14. The number of nitrogens with zero attached hydrogens (tertiary/aromatic N) is 2. The topological polar surface area (TPSA) is 37.8 Å². The van der Waals surface area contributed by atoms with Gasteiger partial charge in [0.1, 0.15) is 5.82 Å². The Morgan fingerprint density at radius 2 is 2.00 bits per heavy atom. The van der Waals surface area contributed by atoms with Gasteiger partial charge in [-0.05, 0) is 24.2 Å². The van der Waals surface area contributed by atoms with Crippen molar-refractivity contribution >= 4 is 0 Å². The predicted octanol–water partition coefficient (Wildman–Crippen LogP) is 3.20. The molecule has 21 heavy (non-hydrogen) atoms. The molecule has 0 unspecified atom stereocenters. The Kier molecular flexibility index (Phi) is 4.90. The summed E-state index contributed by atoms with van der Waals surface area (Å²) in [6.07, 6.45) is -2.42. The molecule has 1 heterocycles. The minimum atomic E-state index is -4.33. The maximum Gasteiger partial charge on any atom is 0.416 e. The minimum absolute atomic E-state index is 0.282. The number of hydrogen-bond acceptors (Lipinski definition) is 3. The van der Waals surface area contributed by atoms with Crippen LogP contribution in [0.3, 0.4) is 0 Å². The molecule has 0 aliphatic heterocycles. The van der Waals surface area contributed by atoms with Crippen LogP contribution in [0.4, 0.5) is 13.2 Å². The fraction of sp³-hybridized carbons (Fsp3) is 0.333. The first-order valence-electron chi connectivity index (χ1n) is 6.66. The molecule has 2 aromatic rings. The van der Waals surface area contributed by atoms with Crippen LogP contribution in [-0.4, -0.2) is 16.5 Å². The summed E-state index contributed by atoms with van der Waals surface area (Å²) in [6, 6.07) is 7.04. The second kappa shape index (κ2) is 6.67. The van der Waals surface area contributed by atoms with Crippen molar-refractivity contribution in [2.24, 2.45) is 0 Å². The molecule has 0 spiro atoms. The summed E-state index contributed by atoms with van der Waals surface area (Å²) >= 11 is 0. The maximum atomic E-state index is 12.7. The summed E-state index contributed by atoms with van der Waals surface area (Å²) in [5.74, 6) is 0.518. The van der Waals surface area contributed by atoms with E-state index in [1.54, 1.807) is 18.3 Å². The van der Waals surface area contributed by atoms with Crippen molar-refractivity contribution in [2.45, 2.75) is 26.1 Å². The zero-order valence-corrected chi connectivity index (χ0v) is 11.6. The van der Waals surface area contributed by atoms with Gasteiger partial charge in [-0.3, -0.25) is 0 Å². The van der Waals surface area contributed by atoms with Crippen LogP contribution in [0.1, 0.15) is 29.6 Å². The molecule has 1 N–H and O–H groups in total. The highest BCUT2D eigenvalue weighted by atomic mass is 19.4. The third-order valence-corrected chi connectivity index (χ3v) is 2.94. The molecule has 112 valence electrons. The molecule has 0 saturated heterocycles. The van der Waals surface area contributed by atoms with Gasteiger partial charge in [-0.2, -0.15) is 13.2 Å². The number of benzene rings is 1. The molecule has 0 aliphatic carbocycles. The average molecular weight is 295 g/mol. The van der Waals surface area contributed by atoms with Gasteiger partial charge in [0.15, 0.2) is 0 Å². The number of hydrogen-bond donors (Lipinski definition) is 1. The second-order valence-corrected chi connectivity index (χ2v) is 4.62. The SMILES string of the molecule is CCNCc1ccnc(Cc2cccc(C(F)(F)F)c2)n1. The van der Waals surface area contributed by atoms with Crippen molar-refractivity contribution in [3.8, 4) is 0 Å². The number of alkyl halides is 3. The van der Waals surface area contributed by atoms with Crippen molar-refractivity contribution in [1.82, 2.24) is 15.3 Å². The standard InChI is InChI=1S/C15H16F3N3/c1-2-19-10-13-6-7-20-14(21-13)9-11-4-3-5-12(8-11)15(16,17)18/h3-8,19H,2,9-10H2,1H3. The summed E-state index contributed by atoms with van der Waals surface area (Å²) < 4.78 is 38.0. The van der Waals surface area contributed by atoms with Gasteiger partial charge in [-0.25, -0.2) is 9.97 Å². The number of halogens is 3. The van der Waals surface area contributed by atoms with Gasteiger partial charge in [-0.15, -0.1) is 0 Å². The van der Waals surface area contributed by atoms with Crippen LogP contribution in [0, 0.1) is 0 Å². The smallest absolute Gasteiger partial charge is 0.311 e. The molecule has 3 nitrogen and oxygen atoms in total. The van der Waals surface area contributed by atoms with E-state index in [2.05, 4.69) is 15.3 Å². The van der Waals surface area contributed by atoms with E-state index in [-0.39, 0.29) is 6.42 Å². The van der Waals surface area contributed by atoms with E-state index in [4.69, 9.17) is 0 Å². The number of nitrogens with one attached hydrogen (secondary N) is 1. The van der Waals surface area contributed by atoms with Crippen LogP contribution < -0.4 is 5.32 Å². The molecule has 2 rings (SSSR count). The normalized spacial score (nSPS) is 11.6. The monoisotopic (exact) mass is 295 g/mol. The van der Waals surface area contributed by atoms with Gasteiger partial charge in [0.2, 0.25) is 0 Å². The lowest BCUT2D eigenvalue weighted by molar-refractivity contribution is -0.137. The van der Waals surface area contributed by atoms with Crippen molar-refractivity contribution in [3.05, 3.63) is 59.2 Å². The summed E-state index contributed by atoms with van der Waals surface area (Å²) in [5.41, 5.74) is 0.725. The van der Waals surface area contributed by atoms with Crippen LogP contribution >= 0.6 is 0 Å². The Labute approximate surface area is 121 Å². The van der Waals surface area contributed by atoms with Gasteiger partial charge in [0.05, 0.1) is 11.3 Å². The average Bonchev–Trinajstić information content (AvgIpc) is 2.45. The van der Waals surface area contributed by atoms with Gasteiger partial charge in [0.25, 0.3) is 0 Å². The van der Waals surface area contributed by atoms with Gasteiger partial charge in [0, 0.05) is 19.2 Å². The second-order valence-electron chi connectivity index (χ2n) is 4.62. The van der Waals surface area contributed by atoms with E-state index in [0.717, 1.165) is 24.4 Å². The first-order chi connectivity index (χ1) is 9.99. The van der Waals surface area contributed by atoms with Crippen LogP contribution in [0.15, 0.2) is 36.5 Å². The van der Waals surface area contributed by atoms with E-state index < -0.39 is 11.7 Å². The van der Waals surface area contributed by atoms with Crippen molar-refractivity contribution in [1.29, 1.82) is 0 Å². The minimum Gasteiger partial charge on any atom is -0.311 e. The van der Waals surface area contributed by atoms with E-state index in [1.807, 2.05) is 6.92 Å². The molecule has 1 aromatic carbocycles. The Bertz CT molecular complexity index is 597. The number of aromatic nitrogens is 2. The van der Waals surface area contributed by atoms with Gasteiger partial charge >= 0.3 is 6.18 Å². The highest BCUT2D eigenvalue weighted by Crippen LogP contribution is 2.29. The van der Waals surface area contributed by atoms with Crippen molar-refractivity contribution in [2.75, 3.05) is 6.54 Å². The number of rotatable bonds is 5. The van der Waals surface area contributed by atoms with Crippen molar-refractivity contribution in [3.63, 3.8) is 0 Å². The van der Waals surface area contributed by atoms with Crippen LogP contribution in [0.25, 0.3) is 0 Å². The zero-order chi connectivity index (χ0) is 15.3. The lowest BCUT2D eigenvalue weighted by Gasteiger charge is -2.09. The van der Waals surface area contributed by atoms with E-state index in [1.165, 1.54) is 6.07 Å². The molecule has 0 amide bonds. The van der Waals surface area contributed by atoms with Crippen molar-refractivity contribution < 1.29 is 13.2 Å². The predicted molar refractivity (Wildman–Crippen MR) is 73.7 cm³/mol. The summed E-state index contributed by atoms with van der Waals surface area (Å²) in [6.45, 7) is 3.44. The molecule has 0 saturated carbocycles. The Balaban J connectivity index is 2.14. The van der Waals surface area contributed by atoms with Gasteiger partial charge in [-0.1, -0.05) is 25.1 Å². The molecule has 6 heteroatoms. The highest BCUT2D eigenvalue weighted by Gasteiger charge is 2.30. The van der Waals surface area contributed by atoms with Crippen LogP contribution in [0.5, 0.6) is 0 Å². The molecular formula is C15H16F3N3. The highest BCUT2D eigenvalue weighted by molar-refractivity contribution is 5.27. The van der Waals surface area contributed by atoms with Crippen LogP contribution in [-0.2, 0) is 19.1 Å². The summed E-state index contributed by atoms with van der Waals surface area (Å²) in [5, 5.41) is 3.15. The lowest BCUT2D eigenvalue weighted by atomic mass is 10.1. The van der Waals surface area contributed by atoms with Crippen LogP contribution in [0.2, 0.25) is 0 Å². The molecule has 1 aromatic heterocycles. The molecule has 0 radical (unpaired) electrons. The molecular weight excluding hydrogens is 279 g/mol. The van der Waals surface area contributed by atoms with E-state index in [9.17, 15) is 13.2 Å². The molecule has 0 atom stereocenters. The first kappa shape index (κ1) is 15.4. The largest absolute Gasteiger partial charge is 0.416 e. The third-order valence-electron chi connectivity index (χ3n) is 2.94. The third kappa shape index (κ3) is 4.53. The maximum absolute atomic E-state index is 12.7. The molecule has 0 aliphatic rings. The quantitative estimate of drug-likeness (QED) is 0.920. The molecule has 0 bridgehead atoms. The van der Waals surface area contributed by atoms with Gasteiger partial charge < -0.3 is 5.32 Å².